The topological polar surface area (TPSA) is 53.7 Å². The number of furan rings is 1. The van der Waals surface area contributed by atoms with Crippen LogP contribution in [0.4, 0.5) is 0 Å². The molecule has 4 heteroatoms. The second-order valence-electron chi connectivity index (χ2n) is 4.61. The van der Waals surface area contributed by atoms with E-state index in [0.717, 1.165) is 11.1 Å². The van der Waals surface area contributed by atoms with Gasteiger partial charge in [-0.2, -0.15) is 0 Å². The number of carbonyl (C=O) groups excluding carboxylic acids is 1. The molecule has 1 amide bonds. The predicted molar refractivity (Wildman–Crippen MR) is 79.5 cm³/mol. The number of amides is 1. The second-order valence-corrected chi connectivity index (χ2v) is 4.61. The molecule has 1 aromatic heterocycles. The number of benzene rings is 1. The molecule has 0 bridgehead atoms. The van der Waals surface area contributed by atoms with Crippen molar-refractivity contribution in [1.82, 2.24) is 4.90 Å². The molecule has 4 nitrogen and oxygen atoms in total. The minimum absolute atomic E-state index is 0.0742. The van der Waals surface area contributed by atoms with Crippen LogP contribution in [0, 0.1) is 11.8 Å². The molecule has 1 aromatic carbocycles. The van der Waals surface area contributed by atoms with E-state index < -0.39 is 0 Å². The lowest BCUT2D eigenvalue weighted by molar-refractivity contribution is 0.0753. The molecule has 108 valence electrons. The first-order valence-electron chi connectivity index (χ1n) is 6.68. The van der Waals surface area contributed by atoms with Crippen molar-refractivity contribution >= 4 is 5.91 Å². The standard InChI is InChI=1S/C17H17NO3/c1-18(17(20)16-6-4-12-21-16)13-15-9-7-14(8-10-15)5-2-3-11-19/h4,6-10,12,19H,3,11,13H2,1H3. The molecule has 0 aliphatic heterocycles. The van der Waals surface area contributed by atoms with E-state index in [0.29, 0.717) is 18.7 Å². The minimum atomic E-state index is -0.146. The van der Waals surface area contributed by atoms with Crippen molar-refractivity contribution in [1.29, 1.82) is 0 Å². The lowest BCUT2D eigenvalue weighted by atomic mass is 10.1. The zero-order valence-corrected chi connectivity index (χ0v) is 11.9. The molecular weight excluding hydrogens is 266 g/mol. The lowest BCUT2D eigenvalue weighted by Gasteiger charge is -2.15. The SMILES string of the molecule is CN(Cc1ccc(C#CCCO)cc1)C(=O)c1ccco1. The molecule has 0 unspecified atom stereocenters. The molecule has 1 N–H and O–H groups in total. The van der Waals surface area contributed by atoms with E-state index in [1.54, 1.807) is 24.1 Å². The molecule has 0 aliphatic rings. The summed E-state index contributed by atoms with van der Waals surface area (Å²) in [5.74, 6) is 6.03. The van der Waals surface area contributed by atoms with Crippen molar-refractivity contribution in [2.24, 2.45) is 0 Å². The lowest BCUT2D eigenvalue weighted by Crippen LogP contribution is -2.25. The van der Waals surface area contributed by atoms with Crippen LogP contribution in [-0.4, -0.2) is 29.6 Å². The van der Waals surface area contributed by atoms with Gasteiger partial charge < -0.3 is 14.4 Å². The van der Waals surface area contributed by atoms with E-state index in [-0.39, 0.29) is 12.5 Å². The van der Waals surface area contributed by atoms with Gasteiger partial charge in [0.1, 0.15) is 0 Å². The minimum Gasteiger partial charge on any atom is -0.459 e. The van der Waals surface area contributed by atoms with E-state index in [1.807, 2.05) is 24.3 Å². The largest absolute Gasteiger partial charge is 0.459 e. The Morgan fingerprint density at radius 1 is 1.29 bits per heavy atom. The van der Waals surface area contributed by atoms with Crippen LogP contribution in [-0.2, 0) is 6.54 Å². The molecule has 0 atom stereocenters. The molecule has 2 aromatic rings. The summed E-state index contributed by atoms with van der Waals surface area (Å²) in [6.45, 7) is 0.578. The summed E-state index contributed by atoms with van der Waals surface area (Å²) < 4.78 is 5.10. The number of aliphatic hydroxyl groups excluding tert-OH is 1. The van der Waals surface area contributed by atoms with Crippen LogP contribution in [0.25, 0.3) is 0 Å². The molecule has 0 spiro atoms. The van der Waals surface area contributed by atoms with Crippen molar-refractivity contribution in [3.63, 3.8) is 0 Å². The summed E-state index contributed by atoms with van der Waals surface area (Å²) in [5, 5.41) is 8.67. The highest BCUT2D eigenvalue weighted by atomic mass is 16.3. The molecule has 21 heavy (non-hydrogen) atoms. The molecule has 1 heterocycles. The molecular formula is C17H17NO3. The van der Waals surface area contributed by atoms with Gasteiger partial charge in [-0.1, -0.05) is 24.0 Å². The number of nitrogens with zero attached hydrogens (tertiary/aromatic N) is 1. The normalized spacial score (nSPS) is 9.81. The number of carbonyl (C=O) groups is 1. The number of hydrogen-bond acceptors (Lipinski definition) is 3. The maximum absolute atomic E-state index is 12.0. The average molecular weight is 283 g/mol. The third-order valence-electron chi connectivity index (χ3n) is 2.92. The Labute approximate surface area is 124 Å². The van der Waals surface area contributed by atoms with Gasteiger partial charge in [-0.15, -0.1) is 0 Å². The van der Waals surface area contributed by atoms with Gasteiger partial charge in [0.2, 0.25) is 0 Å². The fraction of sp³-hybridized carbons (Fsp3) is 0.235. The van der Waals surface area contributed by atoms with Crippen LogP contribution >= 0.6 is 0 Å². The first-order chi connectivity index (χ1) is 10.2. The Morgan fingerprint density at radius 3 is 2.67 bits per heavy atom. The maximum atomic E-state index is 12.0. The van der Waals surface area contributed by atoms with Gasteiger partial charge in [0.25, 0.3) is 5.91 Å². The zero-order valence-electron chi connectivity index (χ0n) is 11.9. The van der Waals surface area contributed by atoms with Crippen molar-refractivity contribution in [3.8, 4) is 11.8 Å². The number of aliphatic hydroxyl groups is 1. The highest BCUT2D eigenvalue weighted by molar-refractivity contribution is 5.91. The number of hydrogen-bond donors (Lipinski definition) is 1. The smallest absolute Gasteiger partial charge is 0.289 e. The van der Waals surface area contributed by atoms with Crippen LogP contribution in [0.3, 0.4) is 0 Å². The van der Waals surface area contributed by atoms with Crippen molar-refractivity contribution in [2.75, 3.05) is 13.7 Å². The molecule has 0 saturated carbocycles. The predicted octanol–water partition coefficient (Wildman–Crippen LogP) is 2.29. The Kier molecular flexibility index (Phi) is 5.19. The summed E-state index contributed by atoms with van der Waals surface area (Å²) in [4.78, 5) is 13.6. The Morgan fingerprint density at radius 2 is 2.05 bits per heavy atom. The highest BCUT2D eigenvalue weighted by Gasteiger charge is 2.14. The summed E-state index contributed by atoms with van der Waals surface area (Å²) >= 11 is 0. The van der Waals surface area contributed by atoms with Gasteiger partial charge in [0.05, 0.1) is 12.9 Å². The summed E-state index contributed by atoms with van der Waals surface area (Å²) in [6, 6.07) is 11.0. The molecule has 0 radical (unpaired) electrons. The van der Waals surface area contributed by atoms with Crippen molar-refractivity contribution in [2.45, 2.75) is 13.0 Å². The summed E-state index contributed by atoms with van der Waals surface area (Å²) in [5.41, 5.74) is 1.91. The van der Waals surface area contributed by atoms with E-state index in [1.165, 1.54) is 6.26 Å². The van der Waals surface area contributed by atoms with Crippen LogP contribution in [0.1, 0.15) is 28.1 Å². The van der Waals surface area contributed by atoms with Crippen molar-refractivity contribution in [3.05, 3.63) is 59.5 Å². The average Bonchev–Trinajstić information content (AvgIpc) is 3.02. The fourth-order valence-electron chi connectivity index (χ4n) is 1.85. The number of rotatable bonds is 4. The monoisotopic (exact) mass is 283 g/mol. The van der Waals surface area contributed by atoms with Crippen LogP contribution in [0.5, 0.6) is 0 Å². The Balaban J connectivity index is 1.97. The summed E-state index contributed by atoms with van der Waals surface area (Å²) in [7, 11) is 1.74. The first kappa shape index (κ1) is 14.9. The van der Waals surface area contributed by atoms with E-state index in [2.05, 4.69) is 11.8 Å². The van der Waals surface area contributed by atoms with Gasteiger partial charge in [-0.05, 0) is 29.8 Å². The van der Waals surface area contributed by atoms with Gasteiger partial charge in [-0.3, -0.25) is 4.79 Å². The van der Waals surface area contributed by atoms with E-state index in [4.69, 9.17) is 9.52 Å². The van der Waals surface area contributed by atoms with Crippen molar-refractivity contribution < 1.29 is 14.3 Å². The van der Waals surface area contributed by atoms with Crippen LogP contribution in [0.15, 0.2) is 47.1 Å². The first-order valence-corrected chi connectivity index (χ1v) is 6.68. The van der Waals surface area contributed by atoms with Gasteiger partial charge in [0, 0.05) is 25.6 Å². The van der Waals surface area contributed by atoms with E-state index >= 15 is 0 Å². The van der Waals surface area contributed by atoms with Gasteiger partial charge in [-0.25, -0.2) is 0 Å². The Hall–Kier alpha value is -2.51. The molecule has 0 aliphatic carbocycles. The maximum Gasteiger partial charge on any atom is 0.289 e. The highest BCUT2D eigenvalue weighted by Crippen LogP contribution is 2.10. The molecule has 0 fully saturated rings. The summed E-state index contributed by atoms with van der Waals surface area (Å²) in [6.07, 6.45) is 1.96. The quantitative estimate of drug-likeness (QED) is 0.876. The molecule has 2 rings (SSSR count). The van der Waals surface area contributed by atoms with Crippen LogP contribution in [0.2, 0.25) is 0 Å². The zero-order chi connectivity index (χ0) is 15.1. The third kappa shape index (κ3) is 4.23. The van der Waals surface area contributed by atoms with Crippen LogP contribution < -0.4 is 0 Å². The Bertz CT molecular complexity index is 633. The third-order valence-corrected chi connectivity index (χ3v) is 2.92. The fourth-order valence-corrected chi connectivity index (χ4v) is 1.85. The van der Waals surface area contributed by atoms with E-state index in [9.17, 15) is 4.79 Å². The van der Waals surface area contributed by atoms with Gasteiger partial charge in [0.15, 0.2) is 5.76 Å². The van der Waals surface area contributed by atoms with Gasteiger partial charge >= 0.3 is 0 Å². The second kappa shape index (κ2) is 7.32. The molecule has 0 saturated heterocycles.